The Morgan fingerprint density at radius 3 is 2.91 bits per heavy atom. The molecule has 1 fully saturated rings. The molecular weight excluding hydrogens is 309 g/mol. The molecule has 0 aliphatic carbocycles. The van der Waals surface area contributed by atoms with E-state index in [0.717, 1.165) is 12.1 Å². The van der Waals surface area contributed by atoms with Crippen molar-refractivity contribution >= 4 is 29.9 Å². The van der Waals surface area contributed by atoms with Gasteiger partial charge in [-0.25, -0.2) is 4.39 Å². The number of piperidine rings is 1. The second kappa shape index (κ2) is 7.07. The summed E-state index contributed by atoms with van der Waals surface area (Å²) in [5.74, 6) is -1.13. The van der Waals surface area contributed by atoms with E-state index in [2.05, 4.69) is 16.0 Å². The maximum absolute atomic E-state index is 14.4. The monoisotopic (exact) mass is 327 g/mol. The maximum Gasteiger partial charge on any atom is 0.228 e. The molecule has 2 heterocycles. The highest BCUT2D eigenvalue weighted by atomic mass is 35.5. The average molecular weight is 328 g/mol. The van der Waals surface area contributed by atoms with Crippen molar-refractivity contribution in [1.82, 2.24) is 10.6 Å². The van der Waals surface area contributed by atoms with E-state index in [9.17, 15) is 14.0 Å². The summed E-state index contributed by atoms with van der Waals surface area (Å²) in [5.41, 5.74) is 1.83. The number of rotatable bonds is 2. The van der Waals surface area contributed by atoms with Crippen molar-refractivity contribution in [3.05, 3.63) is 29.1 Å². The second-order valence-electron chi connectivity index (χ2n) is 5.52. The van der Waals surface area contributed by atoms with Crippen LogP contribution in [-0.2, 0) is 22.6 Å². The number of hydrogen-bond acceptors (Lipinski definition) is 3. The van der Waals surface area contributed by atoms with Gasteiger partial charge in [0.05, 0.1) is 5.69 Å². The molecule has 22 heavy (non-hydrogen) atoms. The van der Waals surface area contributed by atoms with Crippen molar-refractivity contribution < 1.29 is 14.0 Å². The van der Waals surface area contributed by atoms with Crippen LogP contribution in [-0.4, -0.2) is 24.9 Å². The van der Waals surface area contributed by atoms with Gasteiger partial charge in [0, 0.05) is 25.4 Å². The van der Waals surface area contributed by atoms with Gasteiger partial charge in [0.25, 0.3) is 0 Å². The third-order valence-corrected chi connectivity index (χ3v) is 4.08. The summed E-state index contributed by atoms with van der Waals surface area (Å²) in [5, 5.41) is 8.51. The van der Waals surface area contributed by atoms with Crippen LogP contribution in [0.3, 0.4) is 0 Å². The van der Waals surface area contributed by atoms with Gasteiger partial charge in [-0.2, -0.15) is 0 Å². The average Bonchev–Trinajstić information content (AvgIpc) is 2.50. The van der Waals surface area contributed by atoms with Crippen LogP contribution in [0, 0.1) is 11.7 Å². The van der Waals surface area contributed by atoms with E-state index in [1.807, 2.05) is 6.07 Å². The minimum absolute atomic E-state index is 0. The van der Waals surface area contributed by atoms with Crippen molar-refractivity contribution in [3.8, 4) is 0 Å². The fourth-order valence-electron chi connectivity index (χ4n) is 2.87. The van der Waals surface area contributed by atoms with Gasteiger partial charge in [-0.05, 0) is 36.6 Å². The van der Waals surface area contributed by atoms with E-state index in [4.69, 9.17) is 0 Å². The van der Waals surface area contributed by atoms with Crippen LogP contribution in [0.5, 0.6) is 0 Å². The van der Waals surface area contributed by atoms with E-state index >= 15 is 0 Å². The highest BCUT2D eigenvalue weighted by Gasteiger charge is 2.26. The zero-order chi connectivity index (χ0) is 14.8. The van der Waals surface area contributed by atoms with Gasteiger partial charge in [-0.15, -0.1) is 12.4 Å². The Bertz CT molecular complexity index is 594. The Morgan fingerprint density at radius 1 is 1.32 bits per heavy atom. The van der Waals surface area contributed by atoms with E-state index < -0.39 is 0 Å². The maximum atomic E-state index is 14.4. The molecule has 1 saturated heterocycles. The third kappa shape index (κ3) is 3.39. The Kier molecular flexibility index (Phi) is 5.37. The molecule has 2 amide bonds. The highest BCUT2D eigenvalue weighted by Crippen LogP contribution is 2.25. The van der Waals surface area contributed by atoms with Crippen LogP contribution in [0.4, 0.5) is 10.1 Å². The molecule has 2 aliphatic rings. The molecule has 0 aromatic heterocycles. The van der Waals surface area contributed by atoms with Crippen LogP contribution in [0.1, 0.15) is 24.0 Å². The predicted octanol–water partition coefficient (Wildman–Crippen LogP) is 1.36. The standard InChI is InChI=1S/C15H18FN3O2.ClH/c16-14-11-4-5-17-8-10(11)1-2-12(14)19-15(21)9-3-6-18-13(20)7-9;/h1-2,9,17H,3-8H2,(H,18,20)(H,19,21);1H. The molecule has 0 radical (unpaired) electrons. The summed E-state index contributed by atoms with van der Waals surface area (Å²) < 4.78 is 14.4. The topological polar surface area (TPSA) is 70.2 Å². The molecule has 1 atom stereocenters. The molecule has 120 valence electrons. The number of amides is 2. The molecule has 1 aromatic carbocycles. The number of benzene rings is 1. The molecule has 3 rings (SSSR count). The largest absolute Gasteiger partial charge is 0.356 e. The Labute approximate surface area is 134 Å². The lowest BCUT2D eigenvalue weighted by molar-refractivity contribution is -0.129. The molecule has 0 spiro atoms. The lowest BCUT2D eigenvalue weighted by Crippen LogP contribution is -2.38. The number of anilines is 1. The Balaban J connectivity index is 0.00000176. The van der Waals surface area contributed by atoms with Gasteiger partial charge in [-0.1, -0.05) is 6.07 Å². The van der Waals surface area contributed by atoms with Crippen LogP contribution in [0.25, 0.3) is 0 Å². The van der Waals surface area contributed by atoms with Crippen molar-refractivity contribution in [2.45, 2.75) is 25.8 Å². The Morgan fingerprint density at radius 2 is 2.14 bits per heavy atom. The quantitative estimate of drug-likeness (QED) is 0.768. The number of halogens is 2. The minimum atomic E-state index is -0.379. The first-order valence-corrected chi connectivity index (χ1v) is 7.23. The normalized spacial score (nSPS) is 20.4. The van der Waals surface area contributed by atoms with Crippen LogP contribution < -0.4 is 16.0 Å². The zero-order valence-electron chi connectivity index (χ0n) is 12.1. The number of carbonyl (C=O) groups excluding carboxylic acids is 2. The molecule has 0 saturated carbocycles. The fourth-order valence-corrected chi connectivity index (χ4v) is 2.87. The summed E-state index contributed by atoms with van der Waals surface area (Å²) in [6, 6.07) is 3.44. The molecule has 0 bridgehead atoms. The zero-order valence-corrected chi connectivity index (χ0v) is 12.9. The Hall–Kier alpha value is -1.66. The first-order chi connectivity index (χ1) is 10.1. The van der Waals surface area contributed by atoms with E-state index in [1.165, 1.54) is 0 Å². The smallest absolute Gasteiger partial charge is 0.228 e. The number of fused-ring (bicyclic) bond motifs is 1. The summed E-state index contributed by atoms with van der Waals surface area (Å²) in [7, 11) is 0. The van der Waals surface area contributed by atoms with E-state index in [-0.39, 0.29) is 48.1 Å². The van der Waals surface area contributed by atoms with Crippen LogP contribution >= 0.6 is 12.4 Å². The first-order valence-electron chi connectivity index (χ1n) is 7.23. The van der Waals surface area contributed by atoms with Gasteiger partial charge in [0.15, 0.2) is 0 Å². The first kappa shape index (κ1) is 16.7. The van der Waals surface area contributed by atoms with E-state index in [0.29, 0.717) is 31.5 Å². The molecule has 5 nitrogen and oxygen atoms in total. The summed E-state index contributed by atoms with van der Waals surface area (Å²) >= 11 is 0. The van der Waals surface area contributed by atoms with Crippen LogP contribution in [0.2, 0.25) is 0 Å². The molecule has 2 aliphatic heterocycles. The van der Waals surface area contributed by atoms with Crippen molar-refractivity contribution in [1.29, 1.82) is 0 Å². The molecule has 1 aromatic rings. The number of carbonyl (C=O) groups is 2. The lowest BCUT2D eigenvalue weighted by Gasteiger charge is -2.23. The van der Waals surface area contributed by atoms with E-state index in [1.54, 1.807) is 6.07 Å². The summed E-state index contributed by atoms with van der Waals surface area (Å²) in [6.07, 6.45) is 1.38. The summed E-state index contributed by atoms with van der Waals surface area (Å²) in [4.78, 5) is 23.5. The minimum Gasteiger partial charge on any atom is -0.356 e. The van der Waals surface area contributed by atoms with Gasteiger partial charge >= 0.3 is 0 Å². The van der Waals surface area contributed by atoms with Crippen LogP contribution in [0.15, 0.2) is 12.1 Å². The van der Waals surface area contributed by atoms with Crippen molar-refractivity contribution in [2.75, 3.05) is 18.4 Å². The molecular formula is C15H19ClFN3O2. The second-order valence-corrected chi connectivity index (χ2v) is 5.52. The molecule has 3 N–H and O–H groups in total. The lowest BCUT2D eigenvalue weighted by atomic mass is 9.96. The molecule has 7 heteroatoms. The number of hydrogen-bond donors (Lipinski definition) is 3. The third-order valence-electron chi connectivity index (χ3n) is 4.08. The number of nitrogens with one attached hydrogen (secondary N) is 3. The fraction of sp³-hybridized carbons (Fsp3) is 0.467. The van der Waals surface area contributed by atoms with Crippen molar-refractivity contribution in [3.63, 3.8) is 0 Å². The van der Waals surface area contributed by atoms with Gasteiger partial charge in [0.1, 0.15) is 5.82 Å². The van der Waals surface area contributed by atoms with Gasteiger partial charge < -0.3 is 16.0 Å². The summed E-state index contributed by atoms with van der Waals surface area (Å²) in [6.45, 7) is 1.89. The van der Waals surface area contributed by atoms with Crippen molar-refractivity contribution in [2.24, 2.45) is 5.92 Å². The van der Waals surface area contributed by atoms with Gasteiger partial charge in [-0.3, -0.25) is 9.59 Å². The van der Waals surface area contributed by atoms with Gasteiger partial charge in [0.2, 0.25) is 11.8 Å². The predicted molar refractivity (Wildman–Crippen MR) is 83.4 cm³/mol. The molecule has 1 unspecified atom stereocenters. The highest BCUT2D eigenvalue weighted by molar-refractivity contribution is 5.96. The SMILES string of the molecule is Cl.O=C1CC(C(=O)Nc2ccc3c(c2F)CCNC3)CCN1.